The Labute approximate surface area is 190 Å². The van der Waals surface area contributed by atoms with E-state index in [-0.39, 0.29) is 5.91 Å². The molecular formula is C27H20N2O2S. The van der Waals surface area contributed by atoms with E-state index in [1.54, 1.807) is 12.0 Å². The van der Waals surface area contributed by atoms with Crippen LogP contribution in [0.25, 0.3) is 16.8 Å². The summed E-state index contributed by atoms with van der Waals surface area (Å²) in [6.45, 7) is 0. The molecule has 1 fully saturated rings. The highest BCUT2D eigenvalue weighted by Crippen LogP contribution is 2.39. The highest BCUT2D eigenvalue weighted by atomic mass is 32.2. The van der Waals surface area contributed by atoms with Gasteiger partial charge in [-0.3, -0.25) is 9.69 Å². The van der Waals surface area contributed by atoms with Crippen LogP contribution in [0.15, 0.2) is 107 Å². The van der Waals surface area contributed by atoms with Crippen molar-refractivity contribution < 1.29 is 9.53 Å². The summed E-state index contributed by atoms with van der Waals surface area (Å²) in [6, 6.07) is 31.3. The maximum atomic E-state index is 13.6. The van der Waals surface area contributed by atoms with Gasteiger partial charge in [0.2, 0.25) is 0 Å². The monoisotopic (exact) mass is 436 g/mol. The molecule has 0 bridgehead atoms. The van der Waals surface area contributed by atoms with Gasteiger partial charge in [0.15, 0.2) is 5.17 Å². The standard InChI is InChI=1S/C27H20N2O2S/c1-31-24-17-16-19-10-8-9-15-22(19)23(24)18-25-26(30)29(21-13-6-3-7-14-21)27(32-25)28-20-11-4-2-5-12-20/h2-18H,1H3/b25-18+,28-27?. The van der Waals surface area contributed by atoms with E-state index in [0.717, 1.165) is 33.5 Å². The molecule has 0 N–H and O–H groups in total. The molecule has 32 heavy (non-hydrogen) atoms. The molecule has 0 radical (unpaired) electrons. The van der Waals surface area contributed by atoms with E-state index in [9.17, 15) is 4.79 Å². The minimum Gasteiger partial charge on any atom is -0.496 e. The molecule has 0 saturated carbocycles. The van der Waals surface area contributed by atoms with Crippen LogP contribution in [0.4, 0.5) is 11.4 Å². The molecule has 1 saturated heterocycles. The third-order valence-electron chi connectivity index (χ3n) is 5.23. The van der Waals surface area contributed by atoms with Crippen LogP contribution < -0.4 is 9.64 Å². The van der Waals surface area contributed by atoms with E-state index >= 15 is 0 Å². The summed E-state index contributed by atoms with van der Waals surface area (Å²) < 4.78 is 5.62. The fourth-order valence-electron chi connectivity index (χ4n) is 3.70. The molecule has 0 aliphatic carbocycles. The lowest BCUT2D eigenvalue weighted by atomic mass is 10.0. The molecule has 4 aromatic carbocycles. The van der Waals surface area contributed by atoms with Crippen LogP contribution in [0.1, 0.15) is 5.56 Å². The van der Waals surface area contributed by atoms with Gasteiger partial charge in [0.1, 0.15) is 5.75 Å². The molecule has 5 rings (SSSR count). The number of benzene rings is 4. The number of methoxy groups -OCH3 is 1. The number of nitrogens with zero attached hydrogens (tertiary/aromatic N) is 2. The minimum absolute atomic E-state index is 0.106. The van der Waals surface area contributed by atoms with E-state index in [4.69, 9.17) is 9.73 Å². The van der Waals surface area contributed by atoms with E-state index in [1.165, 1.54) is 11.8 Å². The lowest BCUT2D eigenvalue weighted by molar-refractivity contribution is -0.113. The molecular weight excluding hydrogens is 416 g/mol. The third kappa shape index (κ3) is 3.79. The van der Waals surface area contributed by atoms with E-state index in [0.29, 0.717) is 10.1 Å². The van der Waals surface area contributed by atoms with Crippen LogP contribution in [-0.4, -0.2) is 18.2 Å². The number of rotatable bonds is 4. The van der Waals surface area contributed by atoms with Gasteiger partial charge in [-0.25, -0.2) is 4.99 Å². The normalized spacial score (nSPS) is 16.3. The number of carbonyl (C=O) groups excluding carboxylic acids is 1. The smallest absolute Gasteiger partial charge is 0.271 e. The molecule has 156 valence electrons. The molecule has 0 unspecified atom stereocenters. The highest BCUT2D eigenvalue weighted by molar-refractivity contribution is 8.19. The number of aliphatic imine (C=N–C) groups is 1. The van der Waals surface area contributed by atoms with Gasteiger partial charge in [0, 0.05) is 5.56 Å². The zero-order valence-electron chi connectivity index (χ0n) is 17.4. The first-order valence-electron chi connectivity index (χ1n) is 10.2. The van der Waals surface area contributed by atoms with Gasteiger partial charge in [-0.2, -0.15) is 0 Å². The third-order valence-corrected chi connectivity index (χ3v) is 6.20. The molecule has 1 aliphatic rings. The van der Waals surface area contributed by atoms with Crippen molar-refractivity contribution in [1.82, 2.24) is 0 Å². The predicted molar refractivity (Wildman–Crippen MR) is 134 cm³/mol. The summed E-state index contributed by atoms with van der Waals surface area (Å²) in [5.74, 6) is 0.621. The van der Waals surface area contributed by atoms with Crippen LogP contribution in [-0.2, 0) is 4.79 Å². The Balaban J connectivity index is 1.65. The predicted octanol–water partition coefficient (Wildman–Crippen LogP) is 6.66. The van der Waals surface area contributed by atoms with Gasteiger partial charge in [0.25, 0.3) is 5.91 Å². The van der Waals surface area contributed by atoms with Gasteiger partial charge in [-0.05, 0) is 58.9 Å². The van der Waals surface area contributed by atoms with Crippen LogP contribution in [0, 0.1) is 0 Å². The van der Waals surface area contributed by atoms with Crippen molar-refractivity contribution in [3.63, 3.8) is 0 Å². The first kappa shape index (κ1) is 20.1. The number of amides is 1. The Bertz CT molecular complexity index is 1350. The highest BCUT2D eigenvalue weighted by Gasteiger charge is 2.35. The zero-order chi connectivity index (χ0) is 21.9. The van der Waals surface area contributed by atoms with Crippen molar-refractivity contribution in [2.45, 2.75) is 0 Å². The average Bonchev–Trinajstić information content (AvgIpc) is 3.14. The second-order valence-electron chi connectivity index (χ2n) is 7.22. The Morgan fingerprint density at radius 1 is 0.844 bits per heavy atom. The van der Waals surface area contributed by atoms with E-state index < -0.39 is 0 Å². The molecule has 4 nitrogen and oxygen atoms in total. The van der Waals surface area contributed by atoms with Gasteiger partial charge in [-0.1, -0.05) is 66.7 Å². The van der Waals surface area contributed by atoms with Crippen molar-refractivity contribution in [1.29, 1.82) is 0 Å². The molecule has 4 aromatic rings. The number of anilines is 1. The summed E-state index contributed by atoms with van der Waals surface area (Å²) >= 11 is 1.37. The van der Waals surface area contributed by atoms with Crippen molar-refractivity contribution >= 4 is 51.1 Å². The van der Waals surface area contributed by atoms with Crippen molar-refractivity contribution in [2.24, 2.45) is 4.99 Å². The maximum Gasteiger partial charge on any atom is 0.271 e. The lowest BCUT2D eigenvalue weighted by Crippen LogP contribution is -2.28. The van der Waals surface area contributed by atoms with Crippen molar-refractivity contribution in [2.75, 3.05) is 12.0 Å². The largest absolute Gasteiger partial charge is 0.496 e. The van der Waals surface area contributed by atoms with Crippen molar-refractivity contribution in [3.8, 4) is 5.75 Å². The number of hydrogen-bond donors (Lipinski definition) is 0. The molecule has 0 spiro atoms. The van der Waals surface area contributed by atoms with Crippen LogP contribution in [0.2, 0.25) is 0 Å². The maximum absolute atomic E-state index is 13.6. The van der Waals surface area contributed by atoms with Crippen LogP contribution >= 0.6 is 11.8 Å². The second kappa shape index (κ2) is 8.73. The minimum atomic E-state index is -0.106. The number of hydrogen-bond acceptors (Lipinski definition) is 4. The Morgan fingerprint density at radius 3 is 2.28 bits per heavy atom. The number of carbonyl (C=O) groups is 1. The van der Waals surface area contributed by atoms with Gasteiger partial charge >= 0.3 is 0 Å². The molecule has 0 atom stereocenters. The number of amidine groups is 1. The summed E-state index contributed by atoms with van der Waals surface area (Å²) in [5, 5.41) is 2.75. The SMILES string of the molecule is COc1ccc2ccccc2c1/C=C1/SC(=Nc2ccccc2)N(c2ccccc2)C1=O. The average molecular weight is 437 g/mol. The Morgan fingerprint density at radius 2 is 1.53 bits per heavy atom. The van der Waals surface area contributed by atoms with Gasteiger partial charge in [-0.15, -0.1) is 0 Å². The second-order valence-corrected chi connectivity index (χ2v) is 8.23. The summed E-state index contributed by atoms with van der Waals surface area (Å²) in [6.07, 6.45) is 1.91. The quantitative estimate of drug-likeness (QED) is 0.336. The molecule has 1 heterocycles. The molecule has 5 heteroatoms. The fraction of sp³-hybridized carbons (Fsp3) is 0.0370. The summed E-state index contributed by atoms with van der Waals surface area (Å²) in [5.41, 5.74) is 2.47. The molecule has 1 aliphatic heterocycles. The van der Waals surface area contributed by atoms with Crippen LogP contribution in [0.5, 0.6) is 5.75 Å². The van der Waals surface area contributed by atoms with Gasteiger partial charge < -0.3 is 4.74 Å². The first-order valence-corrected chi connectivity index (χ1v) is 11.0. The fourth-order valence-corrected chi connectivity index (χ4v) is 4.68. The van der Waals surface area contributed by atoms with E-state index in [2.05, 4.69) is 6.07 Å². The molecule has 0 aromatic heterocycles. The summed E-state index contributed by atoms with van der Waals surface area (Å²) in [7, 11) is 1.65. The summed E-state index contributed by atoms with van der Waals surface area (Å²) in [4.78, 5) is 20.6. The first-order chi connectivity index (χ1) is 15.7. The number of ether oxygens (including phenoxy) is 1. The van der Waals surface area contributed by atoms with E-state index in [1.807, 2.05) is 97.1 Å². The van der Waals surface area contributed by atoms with Gasteiger partial charge in [0.05, 0.1) is 23.4 Å². The molecule has 1 amide bonds. The number of thioether (sulfide) groups is 1. The Hall–Kier alpha value is -3.83. The lowest BCUT2D eigenvalue weighted by Gasteiger charge is -2.15. The Kier molecular flexibility index (Phi) is 5.48. The zero-order valence-corrected chi connectivity index (χ0v) is 18.3. The number of para-hydroxylation sites is 2. The van der Waals surface area contributed by atoms with Crippen LogP contribution in [0.3, 0.4) is 0 Å². The van der Waals surface area contributed by atoms with Crippen molar-refractivity contribution in [3.05, 3.63) is 108 Å². The number of fused-ring (bicyclic) bond motifs is 1. The topological polar surface area (TPSA) is 41.9 Å².